The van der Waals surface area contributed by atoms with E-state index >= 15 is 0 Å². The zero-order chi connectivity index (χ0) is 12.7. The number of rotatable bonds is 4. The van der Waals surface area contributed by atoms with Crippen LogP contribution in [-0.2, 0) is 37.5 Å². The smallest absolute Gasteiger partial charge is 0.243 e. The quantitative estimate of drug-likeness (QED) is 0.613. The fourth-order valence-corrected chi connectivity index (χ4v) is 1.38. The van der Waals surface area contributed by atoms with Gasteiger partial charge in [-0.15, -0.1) is 6.07 Å². The molecule has 1 amide bonds. The van der Waals surface area contributed by atoms with Crippen LogP contribution >= 0.6 is 0 Å². The van der Waals surface area contributed by atoms with Gasteiger partial charge in [0.15, 0.2) is 0 Å². The van der Waals surface area contributed by atoms with Crippen LogP contribution in [0.25, 0.3) is 0 Å². The first-order valence-electron chi connectivity index (χ1n) is 5.80. The van der Waals surface area contributed by atoms with E-state index in [-0.39, 0.29) is 38.6 Å². The Morgan fingerprint density at radius 1 is 1.44 bits per heavy atom. The summed E-state index contributed by atoms with van der Waals surface area (Å²) in [4.78, 5) is 13.6. The van der Waals surface area contributed by atoms with E-state index in [4.69, 9.17) is 0 Å². The third-order valence-electron chi connectivity index (χ3n) is 2.26. The predicted molar refractivity (Wildman–Crippen MR) is 71.7 cm³/mol. The van der Waals surface area contributed by atoms with Crippen molar-refractivity contribution in [3.8, 4) is 0 Å². The summed E-state index contributed by atoms with van der Waals surface area (Å²) in [5.74, 6) is -0.0396. The topological polar surface area (TPSA) is 20.3 Å². The number of hydrogen-bond acceptors (Lipinski definition) is 1. The first kappa shape index (κ1) is 17.3. The van der Waals surface area contributed by atoms with Crippen molar-refractivity contribution >= 4 is 11.6 Å². The SMILES string of the molecule is C/C=C\N(C(=O)/C=C/CC)c1c[c-]c(C)cc1.[Y]. The summed E-state index contributed by atoms with van der Waals surface area (Å²) in [7, 11) is 0. The molecule has 0 N–H and O–H groups in total. The standard InChI is InChI=1S/C15H18NO.Y/c1-4-6-7-15(17)16(12-5-2)14-10-8-13(3)9-11-14;/h5-8,10-12H,4H2,1-3H3;/q-1;/b7-6+,12-5-;. The second-order valence-electron chi connectivity index (χ2n) is 3.73. The van der Waals surface area contributed by atoms with Crippen molar-refractivity contribution in [2.75, 3.05) is 4.90 Å². The number of benzene rings is 1. The van der Waals surface area contributed by atoms with E-state index in [0.717, 1.165) is 17.7 Å². The summed E-state index contributed by atoms with van der Waals surface area (Å²) >= 11 is 0. The Kier molecular flexibility index (Phi) is 8.86. The molecule has 0 aliphatic heterocycles. The molecular formula is C15H18NOY-. The van der Waals surface area contributed by atoms with Gasteiger partial charge in [-0.2, -0.15) is 23.8 Å². The minimum Gasteiger partial charge on any atom is -0.339 e. The summed E-state index contributed by atoms with van der Waals surface area (Å²) < 4.78 is 0. The van der Waals surface area contributed by atoms with Crippen LogP contribution in [0.1, 0.15) is 25.8 Å². The second-order valence-corrected chi connectivity index (χ2v) is 3.73. The molecule has 1 rings (SSSR count). The van der Waals surface area contributed by atoms with Crippen molar-refractivity contribution in [3.63, 3.8) is 0 Å². The Labute approximate surface area is 135 Å². The number of allylic oxidation sites excluding steroid dienone is 2. The van der Waals surface area contributed by atoms with Gasteiger partial charge in [-0.25, -0.2) is 0 Å². The Morgan fingerprint density at radius 2 is 2.17 bits per heavy atom. The van der Waals surface area contributed by atoms with Gasteiger partial charge in [0.05, 0.1) is 0 Å². The largest absolute Gasteiger partial charge is 0.339 e. The van der Waals surface area contributed by atoms with Gasteiger partial charge in [-0.1, -0.05) is 31.7 Å². The maximum Gasteiger partial charge on any atom is 0.243 e. The Bertz CT molecular complexity index is 421. The van der Waals surface area contributed by atoms with E-state index in [1.54, 1.807) is 17.2 Å². The van der Waals surface area contributed by atoms with Crippen molar-refractivity contribution < 1.29 is 37.5 Å². The predicted octanol–water partition coefficient (Wildman–Crippen LogP) is 3.63. The molecule has 0 bridgehead atoms. The molecule has 1 aromatic carbocycles. The first-order chi connectivity index (χ1) is 8.19. The molecule has 0 spiro atoms. The van der Waals surface area contributed by atoms with Crippen molar-refractivity contribution in [2.24, 2.45) is 0 Å². The first-order valence-corrected chi connectivity index (χ1v) is 5.80. The molecule has 3 heteroatoms. The summed E-state index contributed by atoms with van der Waals surface area (Å²) in [5, 5.41) is 0. The van der Waals surface area contributed by atoms with Gasteiger partial charge in [0, 0.05) is 32.7 Å². The summed E-state index contributed by atoms with van der Waals surface area (Å²) in [6.45, 7) is 5.87. The fourth-order valence-electron chi connectivity index (χ4n) is 1.38. The number of nitrogens with zero attached hydrogens (tertiary/aromatic N) is 1. The molecule has 0 atom stereocenters. The molecule has 0 unspecified atom stereocenters. The maximum absolute atomic E-state index is 12.0. The molecule has 0 aliphatic carbocycles. The molecule has 0 saturated carbocycles. The zero-order valence-corrected chi connectivity index (χ0v) is 14.0. The zero-order valence-electron chi connectivity index (χ0n) is 11.2. The van der Waals surface area contributed by atoms with Crippen LogP contribution in [0, 0.1) is 13.0 Å². The van der Waals surface area contributed by atoms with E-state index in [2.05, 4.69) is 6.07 Å². The molecule has 1 aromatic rings. The molecule has 93 valence electrons. The maximum atomic E-state index is 12.0. The monoisotopic (exact) mass is 317 g/mol. The van der Waals surface area contributed by atoms with Crippen molar-refractivity contribution in [2.45, 2.75) is 27.2 Å². The molecule has 0 aliphatic rings. The van der Waals surface area contributed by atoms with Gasteiger partial charge in [0.2, 0.25) is 5.91 Å². The number of aryl methyl sites for hydroxylation is 1. The van der Waals surface area contributed by atoms with E-state index in [1.807, 2.05) is 51.1 Å². The van der Waals surface area contributed by atoms with Crippen LogP contribution in [0.4, 0.5) is 5.69 Å². The molecule has 0 heterocycles. The van der Waals surface area contributed by atoms with E-state index in [0.29, 0.717) is 0 Å². The number of amides is 1. The van der Waals surface area contributed by atoms with Crippen LogP contribution in [0.15, 0.2) is 42.6 Å². The summed E-state index contributed by atoms with van der Waals surface area (Å²) in [6, 6.07) is 8.79. The van der Waals surface area contributed by atoms with Crippen LogP contribution in [0.2, 0.25) is 0 Å². The van der Waals surface area contributed by atoms with Crippen LogP contribution < -0.4 is 4.90 Å². The van der Waals surface area contributed by atoms with Crippen LogP contribution in [0.5, 0.6) is 0 Å². The van der Waals surface area contributed by atoms with E-state index in [9.17, 15) is 4.79 Å². The van der Waals surface area contributed by atoms with Crippen molar-refractivity contribution in [1.82, 2.24) is 0 Å². The van der Waals surface area contributed by atoms with Gasteiger partial charge < -0.3 is 4.90 Å². The number of anilines is 1. The fraction of sp³-hybridized carbons (Fsp3) is 0.267. The van der Waals surface area contributed by atoms with Gasteiger partial charge in [0.25, 0.3) is 0 Å². The van der Waals surface area contributed by atoms with Gasteiger partial charge in [-0.3, -0.25) is 4.79 Å². The average molecular weight is 317 g/mol. The Hall–Kier alpha value is -0.726. The number of carbonyl (C=O) groups excluding carboxylic acids is 1. The molecule has 1 radical (unpaired) electrons. The van der Waals surface area contributed by atoms with Crippen molar-refractivity contribution in [3.05, 3.63) is 54.3 Å². The number of carbonyl (C=O) groups is 1. The molecule has 0 aromatic heterocycles. The minimum absolute atomic E-state index is 0. The molecule has 18 heavy (non-hydrogen) atoms. The summed E-state index contributed by atoms with van der Waals surface area (Å²) in [6.07, 6.45) is 7.92. The second kappa shape index (κ2) is 9.24. The van der Waals surface area contributed by atoms with Crippen LogP contribution in [0.3, 0.4) is 0 Å². The normalized spacial score (nSPS) is 10.6. The Morgan fingerprint density at radius 3 is 2.67 bits per heavy atom. The molecule has 2 nitrogen and oxygen atoms in total. The van der Waals surface area contributed by atoms with E-state index in [1.165, 1.54) is 0 Å². The van der Waals surface area contributed by atoms with Gasteiger partial charge in [0.1, 0.15) is 0 Å². The van der Waals surface area contributed by atoms with E-state index < -0.39 is 0 Å². The van der Waals surface area contributed by atoms with Crippen molar-refractivity contribution in [1.29, 1.82) is 0 Å². The summed E-state index contributed by atoms with van der Waals surface area (Å²) in [5.41, 5.74) is 1.89. The molecule has 0 saturated heterocycles. The van der Waals surface area contributed by atoms with Crippen LogP contribution in [-0.4, -0.2) is 5.91 Å². The Balaban J connectivity index is 0.00000289. The third-order valence-corrected chi connectivity index (χ3v) is 2.26. The van der Waals surface area contributed by atoms with Gasteiger partial charge >= 0.3 is 0 Å². The third kappa shape index (κ3) is 5.28. The average Bonchev–Trinajstić information content (AvgIpc) is 2.34. The van der Waals surface area contributed by atoms with Gasteiger partial charge in [-0.05, 0) is 25.6 Å². The molecular weight excluding hydrogens is 299 g/mol. The number of hydrogen-bond donors (Lipinski definition) is 0. The molecule has 0 fully saturated rings. The minimum atomic E-state index is -0.0396.